The van der Waals surface area contributed by atoms with Crippen molar-refractivity contribution in [2.45, 2.75) is 44.1 Å². The number of ether oxygens (including phenoxy) is 1. The smallest absolute Gasteiger partial charge is 0.247 e. The van der Waals surface area contributed by atoms with Crippen molar-refractivity contribution in [3.05, 3.63) is 95.1 Å². The van der Waals surface area contributed by atoms with Gasteiger partial charge in [0.25, 0.3) is 0 Å². The van der Waals surface area contributed by atoms with E-state index in [1.54, 1.807) is 31.4 Å². The average molecular weight is 495 g/mol. The van der Waals surface area contributed by atoms with E-state index in [0.29, 0.717) is 17.9 Å². The van der Waals surface area contributed by atoms with Gasteiger partial charge in [-0.05, 0) is 52.9 Å². The molecule has 0 saturated carbocycles. The second kappa shape index (κ2) is 9.18. The van der Waals surface area contributed by atoms with Crippen molar-refractivity contribution >= 4 is 23.4 Å². The van der Waals surface area contributed by atoms with Crippen LogP contribution in [-0.2, 0) is 14.4 Å². The maximum Gasteiger partial charge on any atom is 0.247 e. The van der Waals surface area contributed by atoms with Gasteiger partial charge in [0.15, 0.2) is 0 Å². The monoisotopic (exact) mass is 494 g/mol. The second-order valence-corrected chi connectivity index (χ2v) is 10.2. The molecule has 0 spiro atoms. The fourth-order valence-electron chi connectivity index (χ4n) is 6.68. The van der Waals surface area contributed by atoms with Crippen LogP contribution in [0.1, 0.15) is 60.3 Å². The van der Waals surface area contributed by atoms with Crippen molar-refractivity contribution in [2.24, 2.45) is 11.8 Å². The highest BCUT2D eigenvalue weighted by Gasteiger charge is 2.62. The van der Waals surface area contributed by atoms with Gasteiger partial charge in [0.05, 0.1) is 18.9 Å². The summed E-state index contributed by atoms with van der Waals surface area (Å²) in [5.74, 6) is -1.42. The number of anilines is 1. The van der Waals surface area contributed by atoms with E-state index in [1.807, 2.05) is 31.2 Å². The molecule has 0 radical (unpaired) electrons. The Labute approximate surface area is 216 Å². The van der Waals surface area contributed by atoms with Gasteiger partial charge in [0, 0.05) is 17.5 Å². The number of amides is 3. The molecule has 1 saturated heterocycles. The Morgan fingerprint density at radius 2 is 1.32 bits per heavy atom. The van der Waals surface area contributed by atoms with Gasteiger partial charge in [-0.2, -0.15) is 0 Å². The summed E-state index contributed by atoms with van der Waals surface area (Å²) in [6.45, 7) is 2.04. The molecule has 3 aromatic carbocycles. The van der Waals surface area contributed by atoms with Crippen molar-refractivity contribution in [3.8, 4) is 5.75 Å². The molecule has 1 heterocycles. The SMILES string of the molecule is CCCC[C@H](C(=O)Nc1ccc(OC)cc1)N1C(=O)[C@H]2C3c4ccccc4C(c4ccccc43)[C@@H]2C1=O. The average Bonchev–Trinajstić information content (AvgIpc) is 3.19. The van der Waals surface area contributed by atoms with Gasteiger partial charge >= 0.3 is 0 Å². The summed E-state index contributed by atoms with van der Waals surface area (Å²) in [4.78, 5) is 43.1. The van der Waals surface area contributed by atoms with Gasteiger partial charge in [-0.25, -0.2) is 0 Å². The topological polar surface area (TPSA) is 75.7 Å². The Balaban J connectivity index is 1.37. The Morgan fingerprint density at radius 3 is 1.76 bits per heavy atom. The molecule has 3 aliphatic carbocycles. The van der Waals surface area contributed by atoms with Gasteiger partial charge in [-0.3, -0.25) is 19.3 Å². The third kappa shape index (κ3) is 3.57. The van der Waals surface area contributed by atoms with E-state index < -0.39 is 17.9 Å². The largest absolute Gasteiger partial charge is 0.497 e. The van der Waals surface area contributed by atoms with Crippen LogP contribution in [0.2, 0.25) is 0 Å². The number of unbranched alkanes of at least 4 members (excludes halogenated alkanes) is 1. The Bertz CT molecular complexity index is 1270. The summed E-state index contributed by atoms with van der Waals surface area (Å²) < 4.78 is 5.21. The molecular formula is C31H30N2O4. The zero-order valence-corrected chi connectivity index (χ0v) is 21.0. The minimum Gasteiger partial charge on any atom is -0.497 e. The maximum absolute atomic E-state index is 14.1. The zero-order valence-electron chi connectivity index (χ0n) is 21.0. The van der Waals surface area contributed by atoms with E-state index in [1.165, 1.54) is 4.90 Å². The van der Waals surface area contributed by atoms with E-state index in [9.17, 15) is 14.4 Å². The van der Waals surface area contributed by atoms with Crippen molar-refractivity contribution in [3.63, 3.8) is 0 Å². The number of benzene rings is 3. The van der Waals surface area contributed by atoms with Crippen molar-refractivity contribution in [1.29, 1.82) is 0 Å². The van der Waals surface area contributed by atoms with E-state index in [0.717, 1.165) is 35.1 Å². The van der Waals surface area contributed by atoms with Crippen LogP contribution < -0.4 is 10.1 Å². The van der Waals surface area contributed by atoms with Crippen LogP contribution in [0, 0.1) is 11.8 Å². The molecule has 7 rings (SSSR count). The molecule has 1 N–H and O–H groups in total. The highest BCUT2D eigenvalue weighted by Crippen LogP contribution is 2.61. The van der Waals surface area contributed by atoms with Crippen LogP contribution in [0.3, 0.4) is 0 Å². The molecule has 37 heavy (non-hydrogen) atoms. The van der Waals surface area contributed by atoms with E-state index in [4.69, 9.17) is 4.74 Å². The summed E-state index contributed by atoms with van der Waals surface area (Å²) in [5, 5.41) is 2.93. The molecule has 1 fully saturated rings. The van der Waals surface area contributed by atoms with Crippen LogP contribution in [0.15, 0.2) is 72.8 Å². The lowest BCUT2D eigenvalue weighted by molar-refractivity contribution is -0.147. The fourth-order valence-corrected chi connectivity index (χ4v) is 6.68. The molecule has 3 atom stereocenters. The number of imide groups is 1. The molecule has 0 aromatic heterocycles. The van der Waals surface area contributed by atoms with Crippen LogP contribution >= 0.6 is 0 Å². The Kier molecular flexibility index (Phi) is 5.82. The number of carbonyl (C=O) groups is 3. The first kappa shape index (κ1) is 23.5. The number of nitrogens with one attached hydrogen (secondary N) is 1. The van der Waals surface area contributed by atoms with Crippen molar-refractivity contribution in [1.82, 2.24) is 4.90 Å². The quantitative estimate of drug-likeness (QED) is 0.465. The first-order valence-corrected chi connectivity index (χ1v) is 13.0. The van der Waals surface area contributed by atoms with Gasteiger partial charge in [0.2, 0.25) is 17.7 Å². The summed E-state index contributed by atoms with van der Waals surface area (Å²) in [6, 6.07) is 22.6. The van der Waals surface area contributed by atoms with Crippen LogP contribution in [0.5, 0.6) is 5.75 Å². The summed E-state index contributed by atoms with van der Waals surface area (Å²) in [5.41, 5.74) is 5.11. The third-order valence-electron chi connectivity index (χ3n) is 8.29. The summed E-state index contributed by atoms with van der Waals surface area (Å²) >= 11 is 0. The molecule has 1 aliphatic heterocycles. The number of hydrogen-bond acceptors (Lipinski definition) is 4. The highest BCUT2D eigenvalue weighted by molar-refractivity contribution is 6.11. The number of hydrogen-bond donors (Lipinski definition) is 1. The first-order chi connectivity index (χ1) is 18.0. The van der Waals surface area contributed by atoms with Gasteiger partial charge in [-0.1, -0.05) is 68.3 Å². The fraction of sp³-hybridized carbons (Fsp3) is 0.323. The molecule has 3 amide bonds. The molecule has 188 valence electrons. The van der Waals surface area contributed by atoms with E-state index in [2.05, 4.69) is 29.6 Å². The third-order valence-corrected chi connectivity index (χ3v) is 8.29. The van der Waals surface area contributed by atoms with Gasteiger partial charge in [-0.15, -0.1) is 0 Å². The normalized spacial score (nSPS) is 23.8. The lowest BCUT2D eigenvalue weighted by atomic mass is 9.55. The number of rotatable bonds is 7. The maximum atomic E-state index is 14.1. The second-order valence-electron chi connectivity index (χ2n) is 10.2. The Hall–Kier alpha value is -3.93. The first-order valence-electron chi connectivity index (χ1n) is 13.0. The Morgan fingerprint density at radius 1 is 0.838 bits per heavy atom. The number of carbonyl (C=O) groups excluding carboxylic acids is 3. The molecule has 0 unspecified atom stereocenters. The highest BCUT2D eigenvalue weighted by atomic mass is 16.5. The van der Waals surface area contributed by atoms with Crippen molar-refractivity contribution in [2.75, 3.05) is 12.4 Å². The molecule has 4 aliphatic rings. The number of nitrogens with zero attached hydrogens (tertiary/aromatic N) is 1. The van der Waals surface area contributed by atoms with Crippen LogP contribution in [0.4, 0.5) is 5.69 Å². The molecule has 2 bridgehead atoms. The summed E-state index contributed by atoms with van der Waals surface area (Å²) in [6.07, 6.45) is 2.03. The minimum absolute atomic E-state index is 0.180. The lowest BCUT2D eigenvalue weighted by Gasteiger charge is -2.45. The minimum atomic E-state index is -0.849. The van der Waals surface area contributed by atoms with Crippen molar-refractivity contribution < 1.29 is 19.1 Å². The standard InChI is InChI=1S/C31H30N2O4/c1-3-4-13-24(29(34)32-18-14-16-19(37-2)17-15-18)33-30(35)27-25-20-9-5-6-10-21(20)26(28(27)31(33)36)23-12-8-7-11-22(23)25/h5-12,14-17,24-28H,3-4,13H2,1-2H3,(H,32,34)/t24-,25?,26?,27+,28+/m1/s1. The lowest BCUT2D eigenvalue weighted by Crippen LogP contribution is -2.48. The van der Waals surface area contributed by atoms with Crippen LogP contribution in [-0.4, -0.2) is 35.8 Å². The molecular weight excluding hydrogens is 464 g/mol. The predicted molar refractivity (Wildman–Crippen MR) is 140 cm³/mol. The zero-order chi connectivity index (χ0) is 25.7. The molecule has 6 heteroatoms. The molecule has 6 nitrogen and oxygen atoms in total. The predicted octanol–water partition coefficient (Wildman–Crippen LogP) is 5.08. The summed E-state index contributed by atoms with van der Waals surface area (Å²) in [7, 11) is 1.59. The van der Waals surface area contributed by atoms with Gasteiger partial charge < -0.3 is 10.1 Å². The number of methoxy groups -OCH3 is 1. The van der Waals surface area contributed by atoms with E-state index >= 15 is 0 Å². The van der Waals surface area contributed by atoms with Crippen LogP contribution in [0.25, 0.3) is 0 Å². The number of likely N-dealkylation sites (tertiary alicyclic amines) is 1. The van der Waals surface area contributed by atoms with E-state index in [-0.39, 0.29) is 29.6 Å². The van der Waals surface area contributed by atoms with Gasteiger partial charge in [0.1, 0.15) is 11.8 Å². The molecule has 3 aromatic rings.